The minimum atomic E-state index is -3.48. The number of piperazine rings is 1. The van der Waals surface area contributed by atoms with Crippen molar-refractivity contribution in [1.82, 2.24) is 14.2 Å². The molecule has 1 saturated heterocycles. The molecule has 0 N–H and O–H groups in total. The Kier molecular flexibility index (Phi) is 4.88. The summed E-state index contributed by atoms with van der Waals surface area (Å²) in [7, 11) is -3.48. The van der Waals surface area contributed by atoms with E-state index in [-0.39, 0.29) is 5.91 Å². The van der Waals surface area contributed by atoms with Crippen molar-refractivity contribution >= 4 is 54.5 Å². The fourth-order valence-corrected chi connectivity index (χ4v) is 6.49. The van der Waals surface area contributed by atoms with Gasteiger partial charge in [-0.3, -0.25) is 4.79 Å². The van der Waals surface area contributed by atoms with Crippen LogP contribution in [0.1, 0.15) is 15.5 Å². The normalized spacial score (nSPS) is 16.7. The maximum atomic E-state index is 12.6. The molecule has 124 valence electrons. The van der Waals surface area contributed by atoms with Crippen molar-refractivity contribution in [2.45, 2.75) is 11.1 Å². The molecule has 6 nitrogen and oxygen atoms in total. The number of nitrogens with zero attached hydrogens (tertiary/aromatic N) is 3. The van der Waals surface area contributed by atoms with Crippen LogP contribution in [0.25, 0.3) is 0 Å². The molecule has 1 aliphatic heterocycles. The number of aryl methyl sites for hydroxylation is 1. The van der Waals surface area contributed by atoms with E-state index < -0.39 is 10.0 Å². The molecular weight excluding hydrogens is 422 g/mol. The largest absolute Gasteiger partial charge is 0.335 e. The Morgan fingerprint density at radius 3 is 2.48 bits per heavy atom. The van der Waals surface area contributed by atoms with Gasteiger partial charge >= 0.3 is 0 Å². The summed E-state index contributed by atoms with van der Waals surface area (Å²) in [6.45, 7) is 3.20. The summed E-state index contributed by atoms with van der Waals surface area (Å²) in [5, 5.41) is 2.59. The lowest BCUT2D eigenvalue weighted by molar-refractivity contribution is 0.0692. The van der Waals surface area contributed by atoms with Gasteiger partial charge in [0.15, 0.2) is 0 Å². The molecule has 1 amide bonds. The van der Waals surface area contributed by atoms with Gasteiger partial charge in [0, 0.05) is 31.6 Å². The van der Waals surface area contributed by atoms with Crippen LogP contribution in [-0.2, 0) is 10.0 Å². The number of carbonyl (C=O) groups is 1. The van der Waals surface area contributed by atoms with Crippen LogP contribution in [0, 0.1) is 6.92 Å². The summed E-state index contributed by atoms with van der Waals surface area (Å²) < 4.78 is 27.6. The van der Waals surface area contributed by atoms with E-state index in [1.165, 1.54) is 27.0 Å². The average Bonchev–Trinajstić information content (AvgIpc) is 3.15. The first-order valence-corrected chi connectivity index (χ1v) is 10.8. The van der Waals surface area contributed by atoms with E-state index in [1.807, 2.05) is 6.92 Å². The molecule has 0 radical (unpaired) electrons. The number of sulfonamides is 1. The second-order valence-electron chi connectivity index (χ2n) is 5.01. The van der Waals surface area contributed by atoms with Gasteiger partial charge in [0.05, 0.1) is 8.79 Å². The summed E-state index contributed by atoms with van der Waals surface area (Å²) in [5.74, 6) is -0.134. The molecule has 0 aromatic carbocycles. The molecule has 3 heterocycles. The highest BCUT2D eigenvalue weighted by molar-refractivity contribution is 9.11. The fourth-order valence-electron chi connectivity index (χ4n) is 2.32. The predicted molar refractivity (Wildman–Crippen MR) is 93.5 cm³/mol. The molecule has 0 saturated carbocycles. The first-order chi connectivity index (χ1) is 10.9. The minimum Gasteiger partial charge on any atom is -0.335 e. The van der Waals surface area contributed by atoms with Gasteiger partial charge in [-0.2, -0.15) is 4.31 Å². The summed E-state index contributed by atoms with van der Waals surface area (Å²) in [6.07, 6.45) is 0. The van der Waals surface area contributed by atoms with Crippen molar-refractivity contribution in [2.24, 2.45) is 0 Å². The molecule has 1 fully saturated rings. The Morgan fingerprint density at radius 1 is 1.26 bits per heavy atom. The van der Waals surface area contributed by atoms with E-state index in [9.17, 15) is 13.2 Å². The summed E-state index contributed by atoms with van der Waals surface area (Å²) in [4.78, 5) is 18.2. The van der Waals surface area contributed by atoms with Crippen LogP contribution in [0.2, 0.25) is 0 Å². The van der Waals surface area contributed by atoms with Crippen molar-refractivity contribution in [3.63, 3.8) is 0 Å². The molecule has 0 unspecified atom stereocenters. The number of aromatic nitrogens is 1. The molecule has 2 aromatic heterocycles. The van der Waals surface area contributed by atoms with Gasteiger partial charge in [0.2, 0.25) is 0 Å². The zero-order chi connectivity index (χ0) is 16.6. The number of thiazole rings is 1. The van der Waals surface area contributed by atoms with Gasteiger partial charge < -0.3 is 4.90 Å². The van der Waals surface area contributed by atoms with Crippen molar-refractivity contribution in [3.05, 3.63) is 32.0 Å². The van der Waals surface area contributed by atoms with Crippen LogP contribution < -0.4 is 0 Å². The van der Waals surface area contributed by atoms with Crippen LogP contribution in [0.3, 0.4) is 0 Å². The predicted octanol–water partition coefficient (Wildman–Crippen LogP) is 2.42. The number of hydrogen-bond acceptors (Lipinski definition) is 6. The topological polar surface area (TPSA) is 70.6 Å². The number of thiophene rings is 1. The van der Waals surface area contributed by atoms with E-state index in [0.717, 1.165) is 8.79 Å². The van der Waals surface area contributed by atoms with E-state index in [2.05, 4.69) is 20.9 Å². The molecular formula is C13H14BrN3O3S3. The van der Waals surface area contributed by atoms with Crippen molar-refractivity contribution < 1.29 is 13.2 Å². The maximum Gasteiger partial charge on any atom is 0.273 e. The number of amides is 1. The summed E-state index contributed by atoms with van der Waals surface area (Å²) in [6, 6.07) is 3.32. The van der Waals surface area contributed by atoms with Gasteiger partial charge in [0.25, 0.3) is 15.9 Å². The molecule has 23 heavy (non-hydrogen) atoms. The van der Waals surface area contributed by atoms with Gasteiger partial charge in [-0.1, -0.05) is 0 Å². The molecule has 3 rings (SSSR count). The van der Waals surface area contributed by atoms with Crippen molar-refractivity contribution in [3.8, 4) is 0 Å². The highest BCUT2D eigenvalue weighted by Gasteiger charge is 2.31. The molecule has 0 atom stereocenters. The maximum absolute atomic E-state index is 12.6. The van der Waals surface area contributed by atoms with Crippen LogP contribution in [0.4, 0.5) is 0 Å². The summed E-state index contributed by atoms with van der Waals surface area (Å²) >= 11 is 5.91. The van der Waals surface area contributed by atoms with E-state index >= 15 is 0 Å². The SMILES string of the molecule is Cc1nc(C(=O)N2CCN(S(=O)(=O)c3ccc(Br)s3)CC2)cs1. The zero-order valence-electron chi connectivity index (χ0n) is 12.2. The Hall–Kier alpha value is -0.810. The molecule has 0 aliphatic carbocycles. The Labute approximate surface area is 150 Å². The van der Waals surface area contributed by atoms with Gasteiger partial charge in [-0.25, -0.2) is 13.4 Å². The fraction of sp³-hybridized carbons (Fsp3) is 0.385. The number of halogens is 1. The van der Waals surface area contributed by atoms with Crippen molar-refractivity contribution in [1.29, 1.82) is 0 Å². The molecule has 1 aliphatic rings. The van der Waals surface area contributed by atoms with E-state index in [4.69, 9.17) is 0 Å². The monoisotopic (exact) mass is 435 g/mol. The van der Waals surface area contributed by atoms with Crippen molar-refractivity contribution in [2.75, 3.05) is 26.2 Å². The zero-order valence-corrected chi connectivity index (χ0v) is 16.3. The summed E-state index contributed by atoms with van der Waals surface area (Å²) in [5.41, 5.74) is 0.436. The third-order valence-electron chi connectivity index (χ3n) is 3.51. The van der Waals surface area contributed by atoms with Gasteiger partial charge in [-0.05, 0) is 35.0 Å². The van der Waals surface area contributed by atoms with E-state index in [0.29, 0.717) is 36.1 Å². The Balaban J connectivity index is 1.67. The first kappa shape index (κ1) is 17.0. The quantitative estimate of drug-likeness (QED) is 0.741. The minimum absolute atomic E-state index is 0.134. The third-order valence-corrected chi connectivity index (χ3v) is 8.27. The third kappa shape index (κ3) is 3.50. The number of carbonyl (C=O) groups excluding carboxylic acids is 1. The second-order valence-corrected chi connectivity index (χ2v) is 10.7. The molecule has 0 bridgehead atoms. The smallest absolute Gasteiger partial charge is 0.273 e. The van der Waals surface area contributed by atoms with Crippen LogP contribution in [0.15, 0.2) is 25.5 Å². The van der Waals surface area contributed by atoms with Gasteiger partial charge in [0.1, 0.15) is 9.90 Å². The lowest BCUT2D eigenvalue weighted by Crippen LogP contribution is -2.50. The molecule has 10 heteroatoms. The highest BCUT2D eigenvalue weighted by atomic mass is 79.9. The standard InChI is InChI=1S/C13H14BrN3O3S3/c1-9-15-10(8-21-9)13(18)16-4-6-17(7-5-16)23(19,20)12-3-2-11(14)22-12/h2-3,8H,4-7H2,1H3. The number of rotatable bonds is 3. The van der Waals surface area contributed by atoms with Crippen LogP contribution >= 0.6 is 38.6 Å². The lowest BCUT2D eigenvalue weighted by atomic mass is 10.3. The molecule has 2 aromatic rings. The average molecular weight is 436 g/mol. The number of hydrogen-bond donors (Lipinski definition) is 0. The lowest BCUT2D eigenvalue weighted by Gasteiger charge is -2.33. The van der Waals surface area contributed by atoms with Crippen LogP contribution in [-0.4, -0.2) is 54.7 Å². The van der Waals surface area contributed by atoms with Crippen LogP contribution in [0.5, 0.6) is 0 Å². The van der Waals surface area contributed by atoms with Gasteiger partial charge in [-0.15, -0.1) is 22.7 Å². The Morgan fingerprint density at radius 2 is 1.96 bits per heavy atom. The van der Waals surface area contributed by atoms with E-state index in [1.54, 1.807) is 22.4 Å². The molecule has 0 spiro atoms. The Bertz CT molecular complexity index is 822. The second kappa shape index (κ2) is 6.60. The first-order valence-electron chi connectivity index (χ1n) is 6.85. The highest BCUT2D eigenvalue weighted by Crippen LogP contribution is 2.29.